The molecule has 0 atom stereocenters. The van der Waals surface area contributed by atoms with Crippen LogP contribution in [0.1, 0.15) is 18.4 Å². The van der Waals surface area contributed by atoms with Crippen molar-refractivity contribution in [1.82, 2.24) is 4.90 Å². The van der Waals surface area contributed by atoms with Crippen molar-refractivity contribution in [2.75, 3.05) is 26.7 Å². The number of rotatable bonds is 8. The molecule has 0 aliphatic heterocycles. The smallest absolute Gasteiger partial charge is 0.304 e. The van der Waals surface area contributed by atoms with Gasteiger partial charge in [0.05, 0.1) is 13.0 Å². The zero-order valence-corrected chi connectivity index (χ0v) is 11.1. The summed E-state index contributed by atoms with van der Waals surface area (Å²) < 4.78 is 5.59. The van der Waals surface area contributed by atoms with Crippen LogP contribution in [-0.4, -0.2) is 42.7 Å². The highest BCUT2D eigenvalue weighted by Gasteiger charge is 2.02. The molecule has 100 valence electrons. The lowest BCUT2D eigenvalue weighted by Gasteiger charge is -2.15. The maximum absolute atomic E-state index is 10.4. The summed E-state index contributed by atoms with van der Waals surface area (Å²) in [6.45, 7) is 4.13. The van der Waals surface area contributed by atoms with E-state index in [0.717, 1.165) is 18.7 Å². The third-order valence-corrected chi connectivity index (χ3v) is 2.68. The van der Waals surface area contributed by atoms with Gasteiger partial charge in [-0.15, -0.1) is 0 Å². The first-order valence-electron chi connectivity index (χ1n) is 6.18. The predicted molar refractivity (Wildman–Crippen MR) is 71.0 cm³/mol. The molecule has 4 nitrogen and oxygen atoms in total. The van der Waals surface area contributed by atoms with E-state index >= 15 is 0 Å². The van der Waals surface area contributed by atoms with Crippen LogP contribution >= 0.6 is 0 Å². The number of carboxylic acid groups (broad SMARTS) is 1. The number of carbonyl (C=O) groups is 1. The first-order valence-corrected chi connectivity index (χ1v) is 6.18. The van der Waals surface area contributed by atoms with Gasteiger partial charge in [0.1, 0.15) is 5.75 Å². The molecule has 1 aromatic carbocycles. The van der Waals surface area contributed by atoms with E-state index in [9.17, 15) is 4.79 Å². The van der Waals surface area contributed by atoms with Crippen LogP contribution in [0.4, 0.5) is 0 Å². The minimum absolute atomic E-state index is 0.190. The molecule has 1 N–H and O–H groups in total. The Morgan fingerprint density at radius 2 is 1.94 bits per heavy atom. The summed E-state index contributed by atoms with van der Waals surface area (Å²) in [5, 5.41) is 8.55. The van der Waals surface area contributed by atoms with Gasteiger partial charge in [0.25, 0.3) is 0 Å². The van der Waals surface area contributed by atoms with Gasteiger partial charge in [-0.1, -0.05) is 17.7 Å². The van der Waals surface area contributed by atoms with Crippen LogP contribution < -0.4 is 4.74 Å². The number of aryl methyl sites for hydroxylation is 1. The summed E-state index contributed by atoms with van der Waals surface area (Å²) in [5.41, 5.74) is 1.22. The van der Waals surface area contributed by atoms with Crippen molar-refractivity contribution in [2.45, 2.75) is 19.8 Å². The fourth-order valence-electron chi connectivity index (χ4n) is 1.56. The Hall–Kier alpha value is -1.55. The van der Waals surface area contributed by atoms with Crippen LogP contribution in [0.25, 0.3) is 0 Å². The molecule has 0 amide bonds. The minimum atomic E-state index is -0.752. The first-order chi connectivity index (χ1) is 8.58. The molecule has 0 unspecified atom stereocenters. The van der Waals surface area contributed by atoms with E-state index in [1.54, 1.807) is 0 Å². The molecule has 1 rings (SSSR count). The lowest BCUT2D eigenvalue weighted by Crippen LogP contribution is -2.24. The van der Waals surface area contributed by atoms with Crippen molar-refractivity contribution >= 4 is 5.97 Å². The van der Waals surface area contributed by atoms with Crippen LogP contribution in [-0.2, 0) is 4.79 Å². The molecule has 1 aromatic rings. The molecule has 18 heavy (non-hydrogen) atoms. The van der Waals surface area contributed by atoms with Gasteiger partial charge in [-0.3, -0.25) is 4.79 Å². The second-order valence-electron chi connectivity index (χ2n) is 4.46. The summed E-state index contributed by atoms with van der Waals surface area (Å²) in [6.07, 6.45) is 1.08. The molecule has 0 heterocycles. The average molecular weight is 251 g/mol. The number of nitrogens with zero attached hydrogens (tertiary/aromatic N) is 1. The highest BCUT2D eigenvalue weighted by atomic mass is 16.5. The summed E-state index contributed by atoms with van der Waals surface area (Å²) >= 11 is 0. The van der Waals surface area contributed by atoms with Crippen molar-refractivity contribution in [3.05, 3.63) is 29.8 Å². The van der Waals surface area contributed by atoms with Gasteiger partial charge in [0.2, 0.25) is 0 Å². The van der Waals surface area contributed by atoms with Crippen molar-refractivity contribution in [2.24, 2.45) is 0 Å². The topological polar surface area (TPSA) is 49.8 Å². The van der Waals surface area contributed by atoms with Gasteiger partial charge in [0, 0.05) is 13.1 Å². The predicted octanol–water partition coefficient (Wildman–Crippen LogP) is 2.17. The summed E-state index contributed by atoms with van der Waals surface area (Å²) in [7, 11) is 1.93. The van der Waals surface area contributed by atoms with Crippen LogP contribution in [0.3, 0.4) is 0 Å². The molecule has 0 bridgehead atoms. The highest BCUT2D eigenvalue weighted by molar-refractivity contribution is 5.66. The van der Waals surface area contributed by atoms with Crippen molar-refractivity contribution in [1.29, 1.82) is 0 Å². The SMILES string of the molecule is Cc1ccc(OCCCN(C)CCC(=O)O)cc1. The molecule has 0 fully saturated rings. The monoisotopic (exact) mass is 251 g/mol. The number of carboxylic acids is 1. The van der Waals surface area contributed by atoms with Crippen LogP contribution in [0.5, 0.6) is 5.75 Å². The van der Waals surface area contributed by atoms with E-state index in [2.05, 4.69) is 0 Å². The fourth-order valence-corrected chi connectivity index (χ4v) is 1.56. The lowest BCUT2D eigenvalue weighted by atomic mass is 10.2. The van der Waals surface area contributed by atoms with E-state index in [0.29, 0.717) is 13.2 Å². The zero-order valence-electron chi connectivity index (χ0n) is 11.1. The normalized spacial score (nSPS) is 10.6. The third kappa shape index (κ3) is 6.25. The van der Waals surface area contributed by atoms with Gasteiger partial charge >= 0.3 is 5.97 Å². The third-order valence-electron chi connectivity index (χ3n) is 2.68. The minimum Gasteiger partial charge on any atom is -0.494 e. The molecule has 0 aliphatic carbocycles. The number of benzene rings is 1. The second kappa shape index (κ2) is 7.71. The molecule has 4 heteroatoms. The molecule has 0 saturated carbocycles. The number of hydrogen-bond acceptors (Lipinski definition) is 3. The van der Waals surface area contributed by atoms with E-state index < -0.39 is 5.97 Å². The number of aliphatic carboxylic acids is 1. The Morgan fingerprint density at radius 1 is 1.28 bits per heavy atom. The Labute approximate surface area is 108 Å². The largest absolute Gasteiger partial charge is 0.494 e. The van der Waals surface area contributed by atoms with E-state index in [1.165, 1.54) is 5.56 Å². The fraction of sp³-hybridized carbons (Fsp3) is 0.500. The van der Waals surface area contributed by atoms with Gasteiger partial charge in [0.15, 0.2) is 0 Å². The Bertz CT molecular complexity index is 362. The average Bonchev–Trinajstić information content (AvgIpc) is 2.34. The molecule has 0 aliphatic rings. The molecular formula is C14H21NO3. The van der Waals surface area contributed by atoms with Crippen molar-refractivity contribution < 1.29 is 14.6 Å². The van der Waals surface area contributed by atoms with Crippen LogP contribution in [0, 0.1) is 6.92 Å². The number of hydrogen-bond donors (Lipinski definition) is 1. The van der Waals surface area contributed by atoms with E-state index in [-0.39, 0.29) is 6.42 Å². The molecule has 0 radical (unpaired) electrons. The molecule has 0 aromatic heterocycles. The lowest BCUT2D eigenvalue weighted by molar-refractivity contribution is -0.137. The molecule has 0 saturated heterocycles. The number of ether oxygens (including phenoxy) is 1. The maximum Gasteiger partial charge on any atom is 0.304 e. The second-order valence-corrected chi connectivity index (χ2v) is 4.46. The van der Waals surface area contributed by atoms with Crippen molar-refractivity contribution in [3.8, 4) is 5.75 Å². The first kappa shape index (κ1) is 14.5. The van der Waals surface area contributed by atoms with Crippen LogP contribution in [0.2, 0.25) is 0 Å². The summed E-state index contributed by atoms with van der Waals surface area (Å²) in [4.78, 5) is 12.4. The van der Waals surface area contributed by atoms with Gasteiger partial charge < -0.3 is 14.7 Å². The Kier molecular flexibility index (Phi) is 6.22. The van der Waals surface area contributed by atoms with Crippen LogP contribution in [0.15, 0.2) is 24.3 Å². The quantitative estimate of drug-likeness (QED) is 0.719. The van der Waals surface area contributed by atoms with E-state index in [1.807, 2.05) is 43.1 Å². The zero-order chi connectivity index (χ0) is 13.4. The Morgan fingerprint density at radius 3 is 2.56 bits per heavy atom. The Balaban J connectivity index is 2.11. The van der Waals surface area contributed by atoms with Gasteiger partial charge in [-0.05, 0) is 32.5 Å². The highest BCUT2D eigenvalue weighted by Crippen LogP contribution is 2.11. The standard InChI is InChI=1S/C14H21NO3/c1-12-4-6-13(7-5-12)18-11-3-9-15(2)10-8-14(16)17/h4-7H,3,8-11H2,1-2H3,(H,16,17). The van der Waals surface area contributed by atoms with Gasteiger partial charge in [-0.25, -0.2) is 0 Å². The molecular weight excluding hydrogens is 230 g/mol. The summed E-state index contributed by atoms with van der Waals surface area (Å²) in [5.74, 6) is 0.131. The van der Waals surface area contributed by atoms with E-state index in [4.69, 9.17) is 9.84 Å². The molecule has 0 spiro atoms. The van der Waals surface area contributed by atoms with Crippen molar-refractivity contribution in [3.63, 3.8) is 0 Å². The summed E-state index contributed by atoms with van der Waals surface area (Å²) in [6, 6.07) is 7.97. The van der Waals surface area contributed by atoms with Gasteiger partial charge in [-0.2, -0.15) is 0 Å². The maximum atomic E-state index is 10.4.